The standard InChI is InChI=1S/C12H13NO3/c1-9(10-5-3-2-4-6-10)11(14)13-7-8-16-12(13)15/h2-6,9H,7-8H2,1H3/t9-/m1/s1. The third-order valence-electron chi connectivity index (χ3n) is 2.70. The van der Waals surface area contributed by atoms with E-state index < -0.39 is 6.09 Å². The normalized spacial score (nSPS) is 17.1. The van der Waals surface area contributed by atoms with Crippen LogP contribution in [-0.4, -0.2) is 30.1 Å². The minimum absolute atomic E-state index is 0.200. The number of carbonyl (C=O) groups is 2. The van der Waals surface area contributed by atoms with E-state index in [4.69, 9.17) is 4.74 Å². The van der Waals surface area contributed by atoms with Crippen molar-refractivity contribution in [2.45, 2.75) is 12.8 Å². The summed E-state index contributed by atoms with van der Waals surface area (Å²) in [4.78, 5) is 24.4. The molecule has 2 amide bonds. The quantitative estimate of drug-likeness (QED) is 0.761. The van der Waals surface area contributed by atoms with E-state index in [2.05, 4.69) is 0 Å². The molecule has 0 spiro atoms. The number of imide groups is 1. The highest BCUT2D eigenvalue weighted by Crippen LogP contribution is 2.19. The molecular weight excluding hydrogens is 206 g/mol. The molecule has 0 saturated carbocycles. The van der Waals surface area contributed by atoms with Crippen molar-refractivity contribution >= 4 is 12.0 Å². The van der Waals surface area contributed by atoms with Gasteiger partial charge in [-0.2, -0.15) is 0 Å². The van der Waals surface area contributed by atoms with Crippen LogP contribution in [0.15, 0.2) is 30.3 Å². The van der Waals surface area contributed by atoms with E-state index >= 15 is 0 Å². The van der Waals surface area contributed by atoms with Gasteiger partial charge in [-0.3, -0.25) is 4.79 Å². The first-order valence-corrected chi connectivity index (χ1v) is 5.23. The molecule has 1 aliphatic heterocycles. The molecule has 0 bridgehead atoms. The van der Waals surface area contributed by atoms with Gasteiger partial charge < -0.3 is 4.74 Å². The second-order valence-corrected chi connectivity index (χ2v) is 3.74. The van der Waals surface area contributed by atoms with E-state index in [-0.39, 0.29) is 11.8 Å². The van der Waals surface area contributed by atoms with Gasteiger partial charge in [-0.05, 0) is 12.5 Å². The van der Waals surface area contributed by atoms with Gasteiger partial charge in [0.05, 0.1) is 12.5 Å². The summed E-state index contributed by atoms with van der Waals surface area (Å²) in [5.41, 5.74) is 0.909. The Morgan fingerprint density at radius 3 is 2.62 bits per heavy atom. The molecule has 1 heterocycles. The minimum Gasteiger partial charge on any atom is -0.447 e. The molecule has 4 heteroatoms. The Morgan fingerprint density at radius 2 is 2.06 bits per heavy atom. The topological polar surface area (TPSA) is 46.6 Å². The van der Waals surface area contributed by atoms with Crippen LogP contribution in [0.1, 0.15) is 18.4 Å². The lowest BCUT2D eigenvalue weighted by Crippen LogP contribution is -2.34. The van der Waals surface area contributed by atoms with Crippen LogP contribution in [0.25, 0.3) is 0 Å². The Balaban J connectivity index is 2.13. The van der Waals surface area contributed by atoms with E-state index in [0.29, 0.717) is 13.2 Å². The molecule has 2 rings (SSSR count). The van der Waals surface area contributed by atoms with Crippen molar-refractivity contribution in [3.05, 3.63) is 35.9 Å². The van der Waals surface area contributed by atoms with Gasteiger partial charge in [0.25, 0.3) is 0 Å². The van der Waals surface area contributed by atoms with Gasteiger partial charge in [-0.1, -0.05) is 30.3 Å². The summed E-state index contributed by atoms with van der Waals surface area (Å²) in [6.07, 6.45) is -0.534. The van der Waals surface area contributed by atoms with Crippen LogP contribution in [0, 0.1) is 0 Å². The Bertz CT molecular complexity index is 402. The van der Waals surface area contributed by atoms with Gasteiger partial charge in [0.1, 0.15) is 6.61 Å². The molecule has 0 aliphatic carbocycles. The van der Waals surface area contributed by atoms with E-state index in [1.54, 1.807) is 6.92 Å². The van der Waals surface area contributed by atoms with Crippen LogP contribution < -0.4 is 0 Å². The van der Waals surface area contributed by atoms with Crippen molar-refractivity contribution in [1.82, 2.24) is 4.90 Å². The highest BCUT2D eigenvalue weighted by Gasteiger charge is 2.31. The average molecular weight is 219 g/mol. The largest absolute Gasteiger partial charge is 0.447 e. The fourth-order valence-corrected chi connectivity index (χ4v) is 1.71. The third-order valence-corrected chi connectivity index (χ3v) is 2.70. The highest BCUT2D eigenvalue weighted by molar-refractivity contribution is 5.96. The van der Waals surface area contributed by atoms with Crippen LogP contribution in [0.3, 0.4) is 0 Å². The Hall–Kier alpha value is -1.84. The van der Waals surface area contributed by atoms with Crippen molar-refractivity contribution in [1.29, 1.82) is 0 Å². The zero-order valence-electron chi connectivity index (χ0n) is 9.05. The first kappa shape index (κ1) is 10.7. The number of cyclic esters (lactones) is 1. The number of nitrogens with zero attached hydrogens (tertiary/aromatic N) is 1. The summed E-state index contributed by atoms with van der Waals surface area (Å²) >= 11 is 0. The maximum Gasteiger partial charge on any atom is 0.416 e. The molecule has 1 aromatic carbocycles. The molecule has 1 fully saturated rings. The maximum atomic E-state index is 12.0. The third kappa shape index (κ3) is 1.91. The number of rotatable bonds is 2. The second kappa shape index (κ2) is 4.35. The van der Waals surface area contributed by atoms with Gasteiger partial charge in [0.2, 0.25) is 5.91 Å². The highest BCUT2D eigenvalue weighted by atomic mass is 16.6. The summed E-state index contributed by atoms with van der Waals surface area (Å²) < 4.78 is 4.74. The molecule has 1 atom stereocenters. The average Bonchev–Trinajstić information content (AvgIpc) is 2.75. The van der Waals surface area contributed by atoms with Crippen LogP contribution >= 0.6 is 0 Å². The van der Waals surface area contributed by atoms with E-state index in [0.717, 1.165) is 10.5 Å². The molecule has 1 aromatic rings. The first-order chi connectivity index (χ1) is 7.70. The lowest BCUT2D eigenvalue weighted by Gasteiger charge is -2.16. The minimum atomic E-state index is -0.534. The van der Waals surface area contributed by atoms with Crippen molar-refractivity contribution in [3.63, 3.8) is 0 Å². The lowest BCUT2D eigenvalue weighted by molar-refractivity contribution is -0.128. The molecular formula is C12H13NO3. The number of benzene rings is 1. The van der Waals surface area contributed by atoms with Gasteiger partial charge in [-0.15, -0.1) is 0 Å². The monoisotopic (exact) mass is 219 g/mol. The number of ether oxygens (including phenoxy) is 1. The number of hydrogen-bond donors (Lipinski definition) is 0. The zero-order valence-corrected chi connectivity index (χ0v) is 9.05. The van der Waals surface area contributed by atoms with Crippen LogP contribution in [0.4, 0.5) is 4.79 Å². The van der Waals surface area contributed by atoms with Crippen molar-refractivity contribution in [3.8, 4) is 0 Å². The molecule has 0 radical (unpaired) electrons. The second-order valence-electron chi connectivity index (χ2n) is 3.74. The van der Waals surface area contributed by atoms with Crippen LogP contribution in [-0.2, 0) is 9.53 Å². The van der Waals surface area contributed by atoms with Gasteiger partial charge in [0, 0.05) is 0 Å². The smallest absolute Gasteiger partial charge is 0.416 e. The Kier molecular flexibility index (Phi) is 2.90. The van der Waals surface area contributed by atoms with Crippen molar-refractivity contribution in [2.24, 2.45) is 0 Å². The van der Waals surface area contributed by atoms with Gasteiger partial charge >= 0.3 is 6.09 Å². The molecule has 1 saturated heterocycles. The van der Waals surface area contributed by atoms with Gasteiger partial charge in [0.15, 0.2) is 0 Å². The Labute approximate surface area is 93.8 Å². The van der Waals surface area contributed by atoms with Crippen LogP contribution in [0.5, 0.6) is 0 Å². The summed E-state index contributed by atoms with van der Waals surface area (Å²) in [5, 5.41) is 0. The summed E-state index contributed by atoms with van der Waals surface area (Å²) in [7, 11) is 0. The summed E-state index contributed by atoms with van der Waals surface area (Å²) in [6.45, 7) is 2.45. The molecule has 4 nitrogen and oxygen atoms in total. The summed E-state index contributed by atoms with van der Waals surface area (Å²) in [5.74, 6) is -0.513. The molecule has 0 aromatic heterocycles. The van der Waals surface area contributed by atoms with E-state index in [1.165, 1.54) is 0 Å². The first-order valence-electron chi connectivity index (χ1n) is 5.23. The van der Waals surface area contributed by atoms with Gasteiger partial charge in [-0.25, -0.2) is 9.69 Å². The SMILES string of the molecule is C[C@@H](C(=O)N1CCOC1=O)c1ccccc1. The molecule has 84 valence electrons. The maximum absolute atomic E-state index is 12.0. The number of amides is 2. The predicted molar refractivity (Wildman–Crippen MR) is 57.9 cm³/mol. The molecule has 0 N–H and O–H groups in total. The predicted octanol–water partition coefficient (Wildman–Crippen LogP) is 1.77. The molecule has 16 heavy (non-hydrogen) atoms. The van der Waals surface area contributed by atoms with Crippen LogP contribution in [0.2, 0.25) is 0 Å². The molecule has 0 unspecified atom stereocenters. The summed E-state index contributed by atoms with van der Waals surface area (Å²) in [6, 6.07) is 9.40. The fourth-order valence-electron chi connectivity index (χ4n) is 1.71. The Morgan fingerprint density at radius 1 is 1.38 bits per heavy atom. The number of hydrogen-bond acceptors (Lipinski definition) is 3. The van der Waals surface area contributed by atoms with E-state index in [9.17, 15) is 9.59 Å². The molecule has 1 aliphatic rings. The lowest BCUT2D eigenvalue weighted by atomic mass is 10.00. The van der Waals surface area contributed by atoms with Crippen molar-refractivity contribution < 1.29 is 14.3 Å². The zero-order chi connectivity index (χ0) is 11.5. The fraction of sp³-hybridized carbons (Fsp3) is 0.333. The number of carbonyl (C=O) groups excluding carboxylic acids is 2. The van der Waals surface area contributed by atoms with Crippen molar-refractivity contribution in [2.75, 3.05) is 13.2 Å². The van der Waals surface area contributed by atoms with E-state index in [1.807, 2.05) is 30.3 Å².